The SMILES string of the molecule is O=C(O)C1CCC(N(C(=O)Nc2nccs2)C2CCCCC2)CC1. The molecule has 0 unspecified atom stereocenters. The van der Waals surface area contributed by atoms with Gasteiger partial charge in [-0.05, 0) is 38.5 Å². The number of aromatic nitrogens is 1. The van der Waals surface area contributed by atoms with E-state index in [-0.39, 0.29) is 24.0 Å². The fraction of sp³-hybridized carbons (Fsp3) is 0.706. The van der Waals surface area contributed by atoms with Crippen molar-refractivity contribution in [2.75, 3.05) is 5.32 Å². The number of hydrogen-bond acceptors (Lipinski definition) is 4. The molecule has 3 rings (SSSR count). The minimum Gasteiger partial charge on any atom is -0.481 e. The van der Waals surface area contributed by atoms with Crippen LogP contribution < -0.4 is 5.32 Å². The van der Waals surface area contributed by atoms with Gasteiger partial charge in [-0.2, -0.15) is 0 Å². The number of carbonyl (C=O) groups is 2. The number of hydrogen-bond donors (Lipinski definition) is 2. The van der Waals surface area contributed by atoms with Crippen LogP contribution in [0.1, 0.15) is 57.8 Å². The molecule has 2 N–H and O–H groups in total. The summed E-state index contributed by atoms with van der Waals surface area (Å²) in [5.41, 5.74) is 0. The summed E-state index contributed by atoms with van der Waals surface area (Å²) in [6.07, 6.45) is 10.2. The lowest BCUT2D eigenvalue weighted by molar-refractivity contribution is -0.143. The molecule has 6 nitrogen and oxygen atoms in total. The molecule has 24 heavy (non-hydrogen) atoms. The van der Waals surface area contributed by atoms with Gasteiger partial charge in [0.1, 0.15) is 0 Å². The summed E-state index contributed by atoms with van der Waals surface area (Å²) in [7, 11) is 0. The van der Waals surface area contributed by atoms with Gasteiger partial charge in [0.05, 0.1) is 5.92 Å². The maximum atomic E-state index is 12.9. The minimum atomic E-state index is -0.704. The highest BCUT2D eigenvalue weighted by atomic mass is 32.1. The zero-order chi connectivity index (χ0) is 16.9. The average Bonchev–Trinajstić information content (AvgIpc) is 3.09. The monoisotopic (exact) mass is 351 g/mol. The second kappa shape index (κ2) is 7.96. The Morgan fingerprint density at radius 3 is 2.33 bits per heavy atom. The van der Waals surface area contributed by atoms with E-state index in [1.165, 1.54) is 17.8 Å². The summed E-state index contributed by atoms with van der Waals surface area (Å²) in [6, 6.07) is 0.337. The second-order valence-electron chi connectivity index (χ2n) is 6.81. The third-order valence-electron chi connectivity index (χ3n) is 5.29. The van der Waals surface area contributed by atoms with Crippen molar-refractivity contribution in [2.45, 2.75) is 69.9 Å². The van der Waals surface area contributed by atoms with Crippen molar-refractivity contribution in [3.05, 3.63) is 11.6 Å². The lowest BCUT2D eigenvalue weighted by Gasteiger charge is -2.42. The molecule has 0 saturated heterocycles. The van der Waals surface area contributed by atoms with Crippen LogP contribution in [0.2, 0.25) is 0 Å². The maximum absolute atomic E-state index is 12.9. The lowest BCUT2D eigenvalue weighted by Crippen LogP contribution is -2.51. The Bertz CT molecular complexity index is 549. The van der Waals surface area contributed by atoms with E-state index in [4.69, 9.17) is 0 Å². The first kappa shape index (κ1) is 17.2. The normalized spacial score (nSPS) is 25.2. The first-order chi connectivity index (χ1) is 11.6. The molecule has 0 atom stereocenters. The minimum absolute atomic E-state index is 0.0735. The number of anilines is 1. The molecule has 0 bridgehead atoms. The fourth-order valence-electron chi connectivity index (χ4n) is 4.03. The van der Waals surface area contributed by atoms with E-state index in [1.807, 2.05) is 10.3 Å². The maximum Gasteiger partial charge on any atom is 0.324 e. The Balaban J connectivity index is 1.69. The number of amides is 2. The standard InChI is InChI=1S/C17H25N3O3S/c21-15(22)12-6-8-14(9-7-12)20(13-4-2-1-3-5-13)17(23)19-16-18-10-11-24-16/h10-14H,1-9H2,(H,21,22)(H,18,19,23). The van der Waals surface area contributed by atoms with Crippen LogP contribution in [0.25, 0.3) is 0 Å². The molecule has 0 aliphatic heterocycles. The summed E-state index contributed by atoms with van der Waals surface area (Å²) in [5, 5.41) is 14.6. The van der Waals surface area contributed by atoms with Gasteiger partial charge in [-0.3, -0.25) is 10.1 Å². The predicted molar refractivity (Wildman–Crippen MR) is 93.2 cm³/mol. The summed E-state index contributed by atoms with van der Waals surface area (Å²) < 4.78 is 0. The number of thiazole rings is 1. The first-order valence-corrected chi connectivity index (χ1v) is 9.74. The van der Waals surface area contributed by atoms with Crippen LogP contribution in [-0.4, -0.2) is 39.1 Å². The van der Waals surface area contributed by atoms with Crippen molar-refractivity contribution in [1.29, 1.82) is 0 Å². The summed E-state index contributed by atoms with van der Waals surface area (Å²) >= 11 is 1.42. The van der Waals surface area contributed by atoms with Crippen molar-refractivity contribution in [3.63, 3.8) is 0 Å². The zero-order valence-electron chi connectivity index (χ0n) is 13.8. The highest BCUT2D eigenvalue weighted by molar-refractivity contribution is 7.13. The van der Waals surface area contributed by atoms with Gasteiger partial charge >= 0.3 is 12.0 Å². The molecule has 2 amide bonds. The molecular formula is C17H25N3O3S. The van der Waals surface area contributed by atoms with E-state index >= 15 is 0 Å². The van der Waals surface area contributed by atoms with Gasteiger partial charge in [-0.1, -0.05) is 19.3 Å². The van der Waals surface area contributed by atoms with Crippen LogP contribution >= 0.6 is 11.3 Å². The van der Waals surface area contributed by atoms with E-state index in [9.17, 15) is 14.7 Å². The third-order valence-corrected chi connectivity index (χ3v) is 5.98. The van der Waals surface area contributed by atoms with Gasteiger partial charge in [-0.25, -0.2) is 9.78 Å². The molecular weight excluding hydrogens is 326 g/mol. The van der Waals surface area contributed by atoms with Gasteiger partial charge in [0, 0.05) is 23.7 Å². The van der Waals surface area contributed by atoms with Crippen LogP contribution in [0.3, 0.4) is 0 Å². The van der Waals surface area contributed by atoms with E-state index in [2.05, 4.69) is 10.3 Å². The molecule has 1 aromatic rings. The molecule has 2 saturated carbocycles. The number of aliphatic carboxylic acids is 1. The Kier molecular flexibility index (Phi) is 5.71. The average molecular weight is 351 g/mol. The first-order valence-electron chi connectivity index (χ1n) is 8.86. The number of carboxylic acids is 1. The number of rotatable bonds is 4. The van der Waals surface area contributed by atoms with Gasteiger partial charge in [-0.15, -0.1) is 11.3 Å². The summed E-state index contributed by atoms with van der Waals surface area (Å²) in [6.45, 7) is 0. The van der Waals surface area contributed by atoms with Gasteiger partial charge in [0.25, 0.3) is 0 Å². The lowest BCUT2D eigenvalue weighted by atomic mass is 9.83. The quantitative estimate of drug-likeness (QED) is 0.860. The molecule has 7 heteroatoms. The van der Waals surface area contributed by atoms with Crippen molar-refractivity contribution in [2.24, 2.45) is 5.92 Å². The van der Waals surface area contributed by atoms with Gasteiger partial charge in [0.2, 0.25) is 0 Å². The summed E-state index contributed by atoms with van der Waals surface area (Å²) in [5.74, 6) is -0.957. The topological polar surface area (TPSA) is 82.5 Å². The Morgan fingerprint density at radius 1 is 1.08 bits per heavy atom. The van der Waals surface area contributed by atoms with Crippen LogP contribution in [0.5, 0.6) is 0 Å². The Morgan fingerprint density at radius 2 is 1.75 bits per heavy atom. The molecule has 1 heterocycles. The van der Waals surface area contributed by atoms with Crippen LogP contribution in [-0.2, 0) is 4.79 Å². The number of carbonyl (C=O) groups excluding carboxylic acids is 1. The molecule has 1 aromatic heterocycles. The van der Waals surface area contributed by atoms with E-state index < -0.39 is 5.97 Å². The second-order valence-corrected chi connectivity index (χ2v) is 7.70. The molecule has 132 valence electrons. The smallest absolute Gasteiger partial charge is 0.324 e. The number of urea groups is 1. The van der Waals surface area contributed by atoms with Crippen molar-refractivity contribution in [3.8, 4) is 0 Å². The van der Waals surface area contributed by atoms with Crippen molar-refractivity contribution >= 4 is 28.5 Å². The largest absolute Gasteiger partial charge is 0.481 e. The van der Waals surface area contributed by atoms with E-state index in [0.29, 0.717) is 18.0 Å². The van der Waals surface area contributed by atoms with Gasteiger partial charge < -0.3 is 10.0 Å². The highest BCUT2D eigenvalue weighted by Gasteiger charge is 2.35. The van der Waals surface area contributed by atoms with Gasteiger partial charge in [0.15, 0.2) is 5.13 Å². The number of nitrogens with one attached hydrogen (secondary N) is 1. The Labute approximate surface area is 146 Å². The predicted octanol–water partition coefficient (Wildman–Crippen LogP) is 3.95. The molecule has 0 aromatic carbocycles. The van der Waals surface area contributed by atoms with Crippen LogP contribution in [0.15, 0.2) is 11.6 Å². The van der Waals surface area contributed by atoms with E-state index in [0.717, 1.165) is 38.5 Å². The van der Waals surface area contributed by atoms with E-state index in [1.54, 1.807) is 6.20 Å². The van der Waals surface area contributed by atoms with Crippen LogP contribution in [0, 0.1) is 5.92 Å². The third kappa shape index (κ3) is 4.06. The molecule has 0 spiro atoms. The molecule has 2 aliphatic carbocycles. The molecule has 2 fully saturated rings. The van der Waals surface area contributed by atoms with Crippen molar-refractivity contribution < 1.29 is 14.7 Å². The number of nitrogens with zero attached hydrogens (tertiary/aromatic N) is 2. The van der Waals surface area contributed by atoms with Crippen molar-refractivity contribution in [1.82, 2.24) is 9.88 Å². The zero-order valence-corrected chi connectivity index (χ0v) is 14.6. The molecule has 0 radical (unpaired) electrons. The van der Waals surface area contributed by atoms with Crippen LogP contribution in [0.4, 0.5) is 9.93 Å². The fourth-order valence-corrected chi connectivity index (χ4v) is 4.55. The summed E-state index contributed by atoms with van der Waals surface area (Å²) in [4.78, 5) is 30.2. The molecule has 2 aliphatic rings. The Hall–Kier alpha value is -1.63. The number of carboxylic acid groups (broad SMARTS) is 1. The highest BCUT2D eigenvalue weighted by Crippen LogP contribution is 2.33.